The second-order valence-corrected chi connectivity index (χ2v) is 8.46. The summed E-state index contributed by atoms with van der Waals surface area (Å²) in [5, 5.41) is 0. The highest BCUT2D eigenvalue weighted by Gasteiger charge is 2.29. The second-order valence-electron chi connectivity index (χ2n) is 8.46. The first-order chi connectivity index (χ1) is 15.2. The molecular weight excluding hydrogens is 408 g/mol. The molecule has 0 aromatic carbocycles. The number of likely N-dealkylation sites (tertiary alicyclic amines) is 1. The third-order valence-electron chi connectivity index (χ3n) is 6.63. The molecular formula is C23H34N6O3. The van der Waals surface area contributed by atoms with Crippen molar-refractivity contribution in [2.75, 3.05) is 19.6 Å². The molecule has 2 aromatic rings. The number of hydrogen-bond donors (Lipinski definition) is 0. The molecule has 1 aliphatic rings. The molecule has 1 aliphatic heterocycles. The first-order valence-corrected chi connectivity index (χ1v) is 11.3. The van der Waals surface area contributed by atoms with Crippen LogP contribution in [0.4, 0.5) is 0 Å². The molecule has 9 nitrogen and oxygen atoms in total. The van der Waals surface area contributed by atoms with Crippen molar-refractivity contribution in [3.8, 4) is 0 Å². The molecule has 0 bridgehead atoms. The third-order valence-corrected chi connectivity index (χ3v) is 6.63. The van der Waals surface area contributed by atoms with E-state index in [9.17, 15) is 14.4 Å². The van der Waals surface area contributed by atoms with Gasteiger partial charge in [0, 0.05) is 45.6 Å². The molecule has 3 rings (SSSR count). The van der Waals surface area contributed by atoms with Gasteiger partial charge in [-0.15, -0.1) is 0 Å². The Bertz CT molecular complexity index is 1120. The van der Waals surface area contributed by atoms with Crippen molar-refractivity contribution in [3.63, 3.8) is 0 Å². The monoisotopic (exact) mass is 442 g/mol. The topological polar surface area (TPSA) is 93.3 Å². The van der Waals surface area contributed by atoms with Crippen LogP contribution in [0, 0.1) is 13.8 Å². The van der Waals surface area contributed by atoms with Gasteiger partial charge in [0.1, 0.15) is 5.82 Å². The largest absolute Gasteiger partial charge is 0.339 e. The number of piperidine rings is 1. The van der Waals surface area contributed by atoms with Gasteiger partial charge in [-0.3, -0.25) is 19.1 Å². The van der Waals surface area contributed by atoms with Gasteiger partial charge in [-0.1, -0.05) is 6.42 Å². The van der Waals surface area contributed by atoms with Crippen molar-refractivity contribution < 1.29 is 4.79 Å². The van der Waals surface area contributed by atoms with Gasteiger partial charge in [0.25, 0.3) is 11.5 Å². The van der Waals surface area contributed by atoms with Crippen molar-refractivity contribution in [1.29, 1.82) is 0 Å². The SMILES string of the molecule is CCN(CC)C(=O)c1cnc(C2CCCCN2Cc2c(C)n(C)c(=O)n(C)c2=O)nc1C. The molecule has 0 aliphatic carbocycles. The van der Waals surface area contributed by atoms with Crippen LogP contribution in [0.5, 0.6) is 0 Å². The molecule has 9 heteroatoms. The average Bonchev–Trinajstić information content (AvgIpc) is 2.80. The highest BCUT2D eigenvalue weighted by Crippen LogP contribution is 2.30. The van der Waals surface area contributed by atoms with E-state index < -0.39 is 0 Å². The van der Waals surface area contributed by atoms with Gasteiger partial charge in [0.2, 0.25) is 0 Å². The third kappa shape index (κ3) is 4.39. The fraction of sp³-hybridized carbons (Fsp3) is 0.609. The van der Waals surface area contributed by atoms with Crippen molar-refractivity contribution >= 4 is 5.91 Å². The Labute approximate surface area is 188 Å². The summed E-state index contributed by atoms with van der Waals surface area (Å²) in [5.41, 5.74) is 1.92. The van der Waals surface area contributed by atoms with Gasteiger partial charge in [-0.05, 0) is 47.1 Å². The fourth-order valence-electron chi connectivity index (χ4n) is 4.41. The standard InChI is InChI=1S/C23H34N6O3/c1-7-28(8-2)22(31)17-13-24-20(25-15(17)3)19-11-9-10-12-29(19)14-18-16(4)26(5)23(32)27(6)21(18)30/h13,19H,7-12,14H2,1-6H3. The van der Waals surface area contributed by atoms with E-state index in [1.807, 2.05) is 27.7 Å². The van der Waals surface area contributed by atoms with Gasteiger partial charge < -0.3 is 9.47 Å². The van der Waals surface area contributed by atoms with Crippen LogP contribution < -0.4 is 11.2 Å². The van der Waals surface area contributed by atoms with Crippen LogP contribution in [0.25, 0.3) is 0 Å². The van der Waals surface area contributed by atoms with Gasteiger partial charge in [0.15, 0.2) is 0 Å². The number of amides is 1. The average molecular weight is 443 g/mol. The molecule has 1 atom stereocenters. The molecule has 0 radical (unpaired) electrons. The van der Waals surface area contributed by atoms with E-state index >= 15 is 0 Å². The van der Waals surface area contributed by atoms with E-state index in [0.29, 0.717) is 48.0 Å². The summed E-state index contributed by atoms with van der Waals surface area (Å²) in [6.07, 6.45) is 4.60. The van der Waals surface area contributed by atoms with Crippen LogP contribution in [-0.4, -0.2) is 54.4 Å². The summed E-state index contributed by atoms with van der Waals surface area (Å²) in [5.74, 6) is 0.626. The lowest BCUT2D eigenvalue weighted by atomic mass is 10.00. The summed E-state index contributed by atoms with van der Waals surface area (Å²) >= 11 is 0. The minimum absolute atomic E-state index is 0.0404. The lowest BCUT2D eigenvalue weighted by Crippen LogP contribution is -2.43. The molecule has 1 unspecified atom stereocenters. The molecule has 1 amide bonds. The highest BCUT2D eigenvalue weighted by atomic mass is 16.2. The van der Waals surface area contributed by atoms with Gasteiger partial charge in [0.05, 0.1) is 22.9 Å². The summed E-state index contributed by atoms with van der Waals surface area (Å²) in [6.45, 7) is 10.1. The Hall–Kier alpha value is -2.81. The van der Waals surface area contributed by atoms with Crippen LogP contribution in [0.15, 0.2) is 15.8 Å². The molecule has 0 saturated carbocycles. The van der Waals surface area contributed by atoms with Crippen LogP contribution in [0.2, 0.25) is 0 Å². The van der Waals surface area contributed by atoms with Crippen molar-refractivity contribution in [3.05, 3.63) is 55.4 Å². The Morgan fingerprint density at radius 3 is 2.44 bits per heavy atom. The number of nitrogens with zero attached hydrogens (tertiary/aromatic N) is 6. The molecule has 1 fully saturated rings. The number of aryl methyl sites for hydroxylation is 1. The van der Waals surface area contributed by atoms with E-state index in [1.54, 1.807) is 18.1 Å². The van der Waals surface area contributed by atoms with E-state index in [4.69, 9.17) is 4.98 Å². The fourth-order valence-corrected chi connectivity index (χ4v) is 4.41. The number of hydrogen-bond acceptors (Lipinski definition) is 6. The summed E-state index contributed by atoms with van der Waals surface area (Å²) in [6, 6.07) is -0.0404. The van der Waals surface area contributed by atoms with Gasteiger partial charge >= 0.3 is 5.69 Å². The quantitative estimate of drug-likeness (QED) is 0.676. The summed E-state index contributed by atoms with van der Waals surface area (Å²) < 4.78 is 2.68. The van der Waals surface area contributed by atoms with E-state index in [-0.39, 0.29) is 23.2 Å². The Balaban J connectivity index is 1.93. The normalized spacial score (nSPS) is 16.9. The maximum Gasteiger partial charge on any atom is 0.330 e. The zero-order valence-corrected chi connectivity index (χ0v) is 20.0. The van der Waals surface area contributed by atoms with E-state index in [1.165, 1.54) is 11.6 Å². The van der Waals surface area contributed by atoms with Crippen LogP contribution in [-0.2, 0) is 20.6 Å². The molecule has 0 spiro atoms. The summed E-state index contributed by atoms with van der Waals surface area (Å²) in [7, 11) is 3.20. The lowest BCUT2D eigenvalue weighted by molar-refractivity contribution is 0.0770. The van der Waals surface area contributed by atoms with Crippen LogP contribution in [0.1, 0.15) is 72.3 Å². The Morgan fingerprint density at radius 2 is 1.81 bits per heavy atom. The number of rotatable bonds is 6. The Kier molecular flexibility index (Phi) is 7.28. The number of carbonyl (C=O) groups is 1. The van der Waals surface area contributed by atoms with Crippen molar-refractivity contribution in [1.82, 2.24) is 28.9 Å². The molecule has 3 heterocycles. The first kappa shape index (κ1) is 23.8. The van der Waals surface area contributed by atoms with Crippen LogP contribution in [0.3, 0.4) is 0 Å². The van der Waals surface area contributed by atoms with Crippen LogP contribution >= 0.6 is 0 Å². The predicted molar refractivity (Wildman–Crippen MR) is 123 cm³/mol. The second kappa shape index (κ2) is 9.77. The minimum Gasteiger partial charge on any atom is -0.339 e. The minimum atomic E-state index is -0.320. The smallest absolute Gasteiger partial charge is 0.330 e. The number of aromatic nitrogens is 4. The van der Waals surface area contributed by atoms with E-state index in [2.05, 4.69) is 9.88 Å². The zero-order chi connectivity index (χ0) is 23.6. The highest BCUT2D eigenvalue weighted by molar-refractivity contribution is 5.94. The molecule has 0 N–H and O–H groups in total. The Morgan fingerprint density at radius 1 is 1.12 bits per heavy atom. The maximum atomic E-state index is 12.8. The van der Waals surface area contributed by atoms with Gasteiger partial charge in [-0.2, -0.15) is 0 Å². The number of carbonyl (C=O) groups excluding carboxylic acids is 1. The lowest BCUT2D eigenvalue weighted by Gasteiger charge is -2.35. The van der Waals surface area contributed by atoms with Gasteiger partial charge in [-0.25, -0.2) is 14.8 Å². The van der Waals surface area contributed by atoms with Crippen molar-refractivity contribution in [2.45, 2.75) is 59.5 Å². The molecule has 2 aromatic heterocycles. The zero-order valence-electron chi connectivity index (χ0n) is 20.0. The first-order valence-electron chi connectivity index (χ1n) is 11.3. The molecule has 1 saturated heterocycles. The summed E-state index contributed by atoms with van der Waals surface area (Å²) in [4.78, 5) is 51.1. The molecule has 174 valence electrons. The molecule has 32 heavy (non-hydrogen) atoms. The van der Waals surface area contributed by atoms with Crippen molar-refractivity contribution in [2.24, 2.45) is 14.1 Å². The maximum absolute atomic E-state index is 12.8. The van der Waals surface area contributed by atoms with E-state index in [0.717, 1.165) is 30.4 Å². The predicted octanol–water partition coefficient (Wildman–Crippen LogP) is 1.70.